The minimum Gasteiger partial charge on any atom is -0.343 e. The van der Waals surface area contributed by atoms with Gasteiger partial charge >= 0.3 is 0 Å². The Kier molecular flexibility index (Phi) is 7.25. The summed E-state index contributed by atoms with van der Waals surface area (Å²) in [6.07, 6.45) is 5.01. The van der Waals surface area contributed by atoms with Crippen LogP contribution in [0.1, 0.15) is 61.3 Å². The predicted molar refractivity (Wildman–Crippen MR) is 129 cm³/mol. The number of hydrogen-bond donors (Lipinski definition) is 1. The predicted octanol–water partition coefficient (Wildman–Crippen LogP) is 5.08. The monoisotopic (exact) mass is 496 g/mol. The molecule has 1 aromatic heterocycles. The smallest absolute Gasteiger partial charge is 0.251 e. The summed E-state index contributed by atoms with van der Waals surface area (Å²) < 4.78 is 3.01. The number of para-hydroxylation sites is 2. The van der Waals surface area contributed by atoms with Gasteiger partial charge in [0.25, 0.3) is 5.91 Å². The van der Waals surface area contributed by atoms with Gasteiger partial charge in [0.15, 0.2) is 0 Å². The highest BCUT2D eigenvalue weighted by Crippen LogP contribution is 2.22. The van der Waals surface area contributed by atoms with Gasteiger partial charge in [0, 0.05) is 36.1 Å². The van der Waals surface area contributed by atoms with Gasteiger partial charge in [-0.05, 0) is 56.2 Å². The van der Waals surface area contributed by atoms with E-state index in [1.54, 1.807) is 12.1 Å². The van der Waals surface area contributed by atoms with E-state index in [9.17, 15) is 9.59 Å². The Hall–Kier alpha value is -2.67. The number of benzene rings is 2. The Morgan fingerprint density at radius 2 is 1.72 bits per heavy atom. The zero-order valence-corrected chi connectivity index (χ0v) is 20.0. The first-order valence-electron chi connectivity index (χ1n) is 11.3. The van der Waals surface area contributed by atoms with Crippen LogP contribution in [-0.2, 0) is 11.3 Å². The molecule has 1 saturated heterocycles. The van der Waals surface area contributed by atoms with Crippen LogP contribution >= 0.6 is 15.9 Å². The van der Waals surface area contributed by atoms with Gasteiger partial charge in [-0.15, -0.1) is 0 Å². The number of aromatic nitrogens is 2. The third-order valence-corrected chi connectivity index (χ3v) is 6.56. The van der Waals surface area contributed by atoms with Crippen LogP contribution < -0.4 is 5.32 Å². The second kappa shape index (κ2) is 10.3. The maximum absolute atomic E-state index is 12.9. The normalized spacial score (nSPS) is 15.4. The molecule has 4 rings (SSSR count). The SMILES string of the molecule is CC(NC(=O)c1ccc(Br)cc1)c1nc2ccccc2n1CCC(=O)N1CCCCCC1. The summed E-state index contributed by atoms with van der Waals surface area (Å²) in [5, 5.41) is 3.06. The number of nitrogens with zero attached hydrogens (tertiary/aromatic N) is 3. The van der Waals surface area contributed by atoms with E-state index in [-0.39, 0.29) is 17.9 Å². The molecule has 1 N–H and O–H groups in total. The molecule has 6 nitrogen and oxygen atoms in total. The number of rotatable bonds is 6. The van der Waals surface area contributed by atoms with Crippen LogP contribution in [0.3, 0.4) is 0 Å². The molecular formula is C25H29BrN4O2. The molecule has 2 aromatic carbocycles. The molecule has 1 fully saturated rings. The molecule has 2 amide bonds. The number of carbonyl (C=O) groups excluding carboxylic acids is 2. The van der Waals surface area contributed by atoms with Gasteiger partial charge in [-0.3, -0.25) is 9.59 Å². The lowest BCUT2D eigenvalue weighted by Gasteiger charge is -2.21. The van der Waals surface area contributed by atoms with Crippen molar-refractivity contribution in [3.8, 4) is 0 Å². The molecule has 1 atom stereocenters. The van der Waals surface area contributed by atoms with E-state index in [2.05, 4.69) is 25.8 Å². The highest BCUT2D eigenvalue weighted by atomic mass is 79.9. The molecule has 0 bridgehead atoms. The summed E-state index contributed by atoms with van der Waals surface area (Å²) in [7, 11) is 0. The van der Waals surface area contributed by atoms with Crippen LogP contribution in [-0.4, -0.2) is 39.4 Å². The lowest BCUT2D eigenvalue weighted by Crippen LogP contribution is -2.33. The number of halogens is 1. The minimum absolute atomic E-state index is 0.149. The van der Waals surface area contributed by atoms with Crippen molar-refractivity contribution < 1.29 is 9.59 Å². The molecule has 3 aromatic rings. The summed E-state index contributed by atoms with van der Waals surface area (Å²) in [4.78, 5) is 32.4. The lowest BCUT2D eigenvalue weighted by molar-refractivity contribution is -0.131. The summed E-state index contributed by atoms with van der Waals surface area (Å²) in [5.74, 6) is 0.812. The van der Waals surface area contributed by atoms with Gasteiger partial charge in [0.2, 0.25) is 5.91 Å². The number of fused-ring (bicyclic) bond motifs is 1. The van der Waals surface area contributed by atoms with Crippen LogP contribution in [0.25, 0.3) is 11.0 Å². The number of aryl methyl sites for hydroxylation is 1. The zero-order chi connectivity index (χ0) is 22.5. The minimum atomic E-state index is -0.299. The van der Waals surface area contributed by atoms with Crippen molar-refractivity contribution in [3.63, 3.8) is 0 Å². The lowest BCUT2D eigenvalue weighted by atomic mass is 10.2. The highest BCUT2D eigenvalue weighted by Gasteiger charge is 2.21. The first-order valence-corrected chi connectivity index (χ1v) is 12.1. The maximum atomic E-state index is 12.9. The second-order valence-electron chi connectivity index (χ2n) is 8.36. The van der Waals surface area contributed by atoms with E-state index in [0.717, 1.165) is 47.3 Å². The Morgan fingerprint density at radius 1 is 1.03 bits per heavy atom. The van der Waals surface area contributed by atoms with Crippen molar-refractivity contribution >= 4 is 38.8 Å². The summed E-state index contributed by atoms with van der Waals surface area (Å²) in [6, 6.07) is 14.9. The number of hydrogen-bond acceptors (Lipinski definition) is 3. The van der Waals surface area contributed by atoms with E-state index in [4.69, 9.17) is 4.98 Å². The van der Waals surface area contributed by atoms with Crippen LogP contribution in [0.4, 0.5) is 0 Å². The van der Waals surface area contributed by atoms with Crippen molar-refractivity contribution in [3.05, 3.63) is 64.4 Å². The number of amides is 2. The largest absolute Gasteiger partial charge is 0.343 e. The summed E-state index contributed by atoms with van der Waals surface area (Å²) in [5.41, 5.74) is 2.45. The molecule has 0 radical (unpaired) electrons. The number of imidazole rings is 1. The van der Waals surface area contributed by atoms with Crippen molar-refractivity contribution in [2.75, 3.05) is 13.1 Å². The molecule has 7 heteroatoms. The first-order chi connectivity index (χ1) is 15.5. The molecule has 32 heavy (non-hydrogen) atoms. The van der Waals surface area contributed by atoms with Gasteiger partial charge in [-0.25, -0.2) is 4.98 Å². The number of carbonyl (C=O) groups is 2. The van der Waals surface area contributed by atoms with E-state index in [0.29, 0.717) is 18.5 Å². The first kappa shape index (κ1) is 22.5. The second-order valence-corrected chi connectivity index (χ2v) is 9.27. The molecule has 1 aliphatic rings. The van der Waals surface area contributed by atoms with Gasteiger partial charge in [-0.2, -0.15) is 0 Å². The van der Waals surface area contributed by atoms with Crippen molar-refractivity contribution in [2.24, 2.45) is 0 Å². The van der Waals surface area contributed by atoms with Crippen LogP contribution in [0.5, 0.6) is 0 Å². The Balaban J connectivity index is 1.52. The average molecular weight is 497 g/mol. The van der Waals surface area contributed by atoms with E-state index in [1.807, 2.05) is 48.2 Å². The van der Waals surface area contributed by atoms with Crippen LogP contribution in [0.2, 0.25) is 0 Å². The fourth-order valence-corrected chi connectivity index (χ4v) is 4.56. The molecule has 1 aliphatic heterocycles. The maximum Gasteiger partial charge on any atom is 0.251 e. The Bertz CT molecular complexity index is 1090. The average Bonchev–Trinajstić information content (AvgIpc) is 2.95. The number of likely N-dealkylation sites (tertiary alicyclic amines) is 1. The third-order valence-electron chi connectivity index (χ3n) is 6.03. The van der Waals surface area contributed by atoms with E-state index in [1.165, 1.54) is 12.8 Å². The van der Waals surface area contributed by atoms with Gasteiger partial charge in [0.05, 0.1) is 17.1 Å². The Morgan fingerprint density at radius 3 is 2.44 bits per heavy atom. The molecule has 0 spiro atoms. The Labute approximate surface area is 197 Å². The van der Waals surface area contributed by atoms with E-state index >= 15 is 0 Å². The summed E-state index contributed by atoms with van der Waals surface area (Å²) in [6.45, 7) is 4.20. The van der Waals surface area contributed by atoms with Crippen molar-refractivity contribution in [1.82, 2.24) is 19.8 Å². The molecule has 0 aliphatic carbocycles. The topological polar surface area (TPSA) is 67.2 Å². The van der Waals surface area contributed by atoms with Gasteiger partial charge in [-0.1, -0.05) is 40.9 Å². The fourth-order valence-electron chi connectivity index (χ4n) is 4.29. The quantitative estimate of drug-likeness (QED) is 0.517. The molecule has 168 valence electrons. The van der Waals surface area contributed by atoms with Crippen molar-refractivity contribution in [2.45, 2.75) is 51.6 Å². The summed E-state index contributed by atoms with van der Waals surface area (Å²) >= 11 is 3.40. The number of nitrogens with one attached hydrogen (secondary N) is 1. The fraction of sp³-hybridized carbons (Fsp3) is 0.400. The molecule has 2 heterocycles. The molecule has 1 unspecified atom stereocenters. The van der Waals surface area contributed by atoms with Crippen LogP contribution in [0.15, 0.2) is 53.0 Å². The highest BCUT2D eigenvalue weighted by molar-refractivity contribution is 9.10. The molecule has 0 saturated carbocycles. The third kappa shape index (κ3) is 5.21. The molecular weight excluding hydrogens is 468 g/mol. The standard InChI is InChI=1S/C25H29BrN4O2/c1-18(27-25(32)19-10-12-20(26)13-11-19)24-28-21-8-4-5-9-22(21)30(24)17-14-23(31)29-15-6-2-3-7-16-29/h4-5,8-13,18H,2-3,6-7,14-17H2,1H3,(H,27,32). The van der Waals surface area contributed by atoms with Gasteiger partial charge < -0.3 is 14.8 Å². The van der Waals surface area contributed by atoms with E-state index < -0.39 is 0 Å². The van der Waals surface area contributed by atoms with Gasteiger partial charge in [0.1, 0.15) is 5.82 Å². The zero-order valence-electron chi connectivity index (χ0n) is 18.4. The van der Waals surface area contributed by atoms with Crippen molar-refractivity contribution in [1.29, 1.82) is 0 Å². The van der Waals surface area contributed by atoms with Crippen LogP contribution in [0, 0.1) is 0 Å².